The third-order valence-electron chi connectivity index (χ3n) is 3.38. The first-order valence-corrected chi connectivity index (χ1v) is 8.20. The first kappa shape index (κ1) is 18.0. The summed E-state index contributed by atoms with van der Waals surface area (Å²) in [6, 6.07) is 6.81. The van der Waals surface area contributed by atoms with Gasteiger partial charge in [-0.2, -0.15) is 5.26 Å². The molecule has 0 spiro atoms. The number of phenolic OH excluding ortho intramolecular Hbond substituents is 1. The van der Waals surface area contributed by atoms with E-state index in [1.54, 1.807) is 19.2 Å². The molecule has 0 radical (unpaired) electrons. The van der Waals surface area contributed by atoms with Crippen LogP contribution in [0.2, 0.25) is 0 Å². The predicted octanol–water partition coefficient (Wildman–Crippen LogP) is 1.62. The summed E-state index contributed by atoms with van der Waals surface area (Å²) in [6.07, 6.45) is 0.762. The number of carbonyl (C=O) groups excluding carboxylic acids is 1. The number of hydrogen-bond donors (Lipinski definition) is 3. The number of thioether (sulfide) groups is 1. The van der Waals surface area contributed by atoms with Crippen LogP contribution in [0.25, 0.3) is 0 Å². The fraction of sp³-hybridized carbons (Fsp3) is 0.375. The lowest BCUT2D eigenvalue weighted by Gasteiger charge is -2.26. The SMILES string of the molecule is COCCCNC1=C(C#N)C(=O)NC(c2ccc(O)c(OC)c2)S1. The number of benzene rings is 1. The van der Waals surface area contributed by atoms with Gasteiger partial charge < -0.3 is 25.2 Å². The fourth-order valence-corrected chi connectivity index (χ4v) is 3.29. The number of phenols is 1. The molecule has 1 aromatic carbocycles. The van der Waals surface area contributed by atoms with Crippen LogP contribution in [0.15, 0.2) is 28.8 Å². The molecule has 2 rings (SSSR count). The molecule has 128 valence electrons. The van der Waals surface area contributed by atoms with Gasteiger partial charge in [0, 0.05) is 20.3 Å². The molecule has 1 unspecified atom stereocenters. The highest BCUT2D eigenvalue weighted by molar-refractivity contribution is 8.03. The summed E-state index contributed by atoms with van der Waals surface area (Å²) in [7, 11) is 3.08. The summed E-state index contributed by atoms with van der Waals surface area (Å²) >= 11 is 1.34. The Hall–Kier alpha value is -2.37. The van der Waals surface area contributed by atoms with Crippen molar-refractivity contribution in [2.45, 2.75) is 11.8 Å². The molecule has 1 aromatic rings. The van der Waals surface area contributed by atoms with Crippen molar-refractivity contribution < 1.29 is 19.4 Å². The second kappa shape index (κ2) is 8.47. The number of amides is 1. The Kier molecular flexibility index (Phi) is 6.35. The Morgan fingerprint density at radius 2 is 2.25 bits per heavy atom. The molecule has 1 atom stereocenters. The van der Waals surface area contributed by atoms with Gasteiger partial charge in [-0.3, -0.25) is 4.79 Å². The van der Waals surface area contributed by atoms with Crippen LogP contribution in [-0.4, -0.2) is 38.4 Å². The van der Waals surface area contributed by atoms with Gasteiger partial charge >= 0.3 is 0 Å². The second-order valence-corrected chi connectivity index (χ2v) is 6.11. The summed E-state index contributed by atoms with van der Waals surface area (Å²) < 4.78 is 10.1. The predicted molar refractivity (Wildman–Crippen MR) is 90.3 cm³/mol. The Bertz CT molecular complexity index is 684. The molecule has 24 heavy (non-hydrogen) atoms. The minimum Gasteiger partial charge on any atom is -0.504 e. The lowest BCUT2D eigenvalue weighted by atomic mass is 10.2. The molecule has 0 saturated heterocycles. The van der Waals surface area contributed by atoms with Crippen molar-refractivity contribution in [2.24, 2.45) is 0 Å². The van der Waals surface area contributed by atoms with E-state index in [-0.39, 0.29) is 16.7 Å². The number of rotatable bonds is 7. The zero-order valence-corrected chi connectivity index (χ0v) is 14.3. The minimum atomic E-state index is -0.428. The fourth-order valence-electron chi connectivity index (χ4n) is 2.16. The summed E-state index contributed by atoms with van der Waals surface area (Å²) in [5.74, 6) is -0.0749. The summed E-state index contributed by atoms with van der Waals surface area (Å²) in [6.45, 7) is 1.19. The third-order valence-corrected chi connectivity index (χ3v) is 4.59. The van der Waals surface area contributed by atoms with E-state index in [1.165, 1.54) is 24.9 Å². The highest BCUT2D eigenvalue weighted by Crippen LogP contribution is 2.39. The average Bonchev–Trinajstić information content (AvgIpc) is 2.58. The maximum Gasteiger partial charge on any atom is 0.265 e. The molecule has 3 N–H and O–H groups in total. The molecule has 8 heteroatoms. The summed E-state index contributed by atoms with van der Waals surface area (Å²) in [4.78, 5) is 12.2. The standard InChI is InChI=1S/C16H19N3O4S/c1-22-7-3-6-18-16-11(9-17)14(21)19-15(24-16)10-4-5-12(20)13(8-10)23-2/h4-5,8,15,18,20H,3,6-7H2,1-2H3,(H,19,21). The zero-order valence-electron chi connectivity index (χ0n) is 13.5. The van der Waals surface area contributed by atoms with Gasteiger partial charge in [-0.1, -0.05) is 17.8 Å². The third kappa shape index (κ3) is 4.13. The van der Waals surface area contributed by atoms with Crippen LogP contribution in [-0.2, 0) is 9.53 Å². The van der Waals surface area contributed by atoms with Crippen LogP contribution in [0.3, 0.4) is 0 Å². The number of aromatic hydroxyl groups is 1. The van der Waals surface area contributed by atoms with E-state index in [0.29, 0.717) is 23.9 Å². The van der Waals surface area contributed by atoms with Crippen LogP contribution in [0.5, 0.6) is 11.5 Å². The molecule has 1 aliphatic heterocycles. The number of ether oxygens (including phenoxy) is 2. The zero-order chi connectivity index (χ0) is 17.5. The van der Waals surface area contributed by atoms with Gasteiger partial charge in [0.15, 0.2) is 11.5 Å². The van der Waals surface area contributed by atoms with Crippen molar-refractivity contribution in [1.82, 2.24) is 10.6 Å². The Morgan fingerprint density at radius 1 is 1.46 bits per heavy atom. The first-order valence-electron chi connectivity index (χ1n) is 7.32. The monoisotopic (exact) mass is 349 g/mol. The lowest BCUT2D eigenvalue weighted by molar-refractivity contribution is -0.117. The van der Waals surface area contributed by atoms with E-state index in [4.69, 9.17) is 9.47 Å². The van der Waals surface area contributed by atoms with Gasteiger partial charge in [-0.25, -0.2) is 0 Å². The van der Waals surface area contributed by atoms with Crippen molar-refractivity contribution in [2.75, 3.05) is 27.4 Å². The van der Waals surface area contributed by atoms with Crippen LogP contribution < -0.4 is 15.4 Å². The van der Waals surface area contributed by atoms with Gasteiger partial charge in [0.1, 0.15) is 17.0 Å². The molecule has 0 aliphatic carbocycles. The minimum absolute atomic E-state index is 0.0274. The molecule has 1 aliphatic rings. The maximum absolute atomic E-state index is 12.2. The van der Waals surface area contributed by atoms with Gasteiger partial charge in [-0.05, 0) is 24.1 Å². The van der Waals surface area contributed by atoms with Crippen LogP contribution in [0.1, 0.15) is 17.4 Å². The first-order chi connectivity index (χ1) is 11.6. The largest absolute Gasteiger partial charge is 0.504 e. The van der Waals surface area contributed by atoms with Crippen molar-refractivity contribution in [1.29, 1.82) is 5.26 Å². The van der Waals surface area contributed by atoms with E-state index < -0.39 is 5.91 Å². The molecular weight excluding hydrogens is 330 g/mol. The Labute approximate surface area is 144 Å². The molecule has 0 bridgehead atoms. The maximum atomic E-state index is 12.2. The highest BCUT2D eigenvalue weighted by Gasteiger charge is 2.29. The summed E-state index contributed by atoms with van der Waals surface area (Å²) in [5, 5.41) is 25.0. The van der Waals surface area contributed by atoms with E-state index >= 15 is 0 Å². The number of methoxy groups -OCH3 is 2. The van der Waals surface area contributed by atoms with E-state index in [1.807, 2.05) is 6.07 Å². The van der Waals surface area contributed by atoms with Gasteiger partial charge in [0.2, 0.25) is 0 Å². The van der Waals surface area contributed by atoms with Crippen LogP contribution in [0, 0.1) is 11.3 Å². The number of hydrogen-bond acceptors (Lipinski definition) is 7. The van der Waals surface area contributed by atoms with E-state index in [0.717, 1.165) is 12.0 Å². The van der Waals surface area contributed by atoms with E-state index in [9.17, 15) is 15.2 Å². The number of nitrogens with one attached hydrogen (secondary N) is 2. The molecule has 0 aromatic heterocycles. The molecule has 0 fully saturated rings. The molecule has 0 saturated carbocycles. The molecule has 1 amide bonds. The Morgan fingerprint density at radius 3 is 2.92 bits per heavy atom. The molecular formula is C16H19N3O4S. The number of carbonyl (C=O) groups is 1. The summed E-state index contributed by atoms with van der Waals surface area (Å²) in [5.41, 5.74) is 0.829. The van der Waals surface area contributed by atoms with Crippen molar-refractivity contribution in [3.8, 4) is 17.6 Å². The van der Waals surface area contributed by atoms with Crippen molar-refractivity contribution >= 4 is 17.7 Å². The Balaban J connectivity index is 2.19. The molecule has 1 heterocycles. The van der Waals surface area contributed by atoms with Gasteiger partial charge in [0.05, 0.1) is 12.1 Å². The normalized spacial score (nSPS) is 17.2. The number of nitrogens with zero attached hydrogens (tertiary/aromatic N) is 1. The van der Waals surface area contributed by atoms with E-state index in [2.05, 4.69) is 10.6 Å². The number of nitriles is 1. The van der Waals surface area contributed by atoms with Gasteiger partial charge in [-0.15, -0.1) is 0 Å². The second-order valence-electron chi connectivity index (χ2n) is 4.99. The lowest BCUT2D eigenvalue weighted by Crippen LogP contribution is -2.35. The molecule has 7 nitrogen and oxygen atoms in total. The highest BCUT2D eigenvalue weighted by atomic mass is 32.2. The topological polar surface area (TPSA) is 104 Å². The van der Waals surface area contributed by atoms with Gasteiger partial charge in [0.25, 0.3) is 5.91 Å². The van der Waals surface area contributed by atoms with Crippen LogP contribution >= 0.6 is 11.8 Å². The quantitative estimate of drug-likeness (QED) is 0.643. The smallest absolute Gasteiger partial charge is 0.265 e. The van der Waals surface area contributed by atoms with Crippen molar-refractivity contribution in [3.05, 3.63) is 34.4 Å². The average molecular weight is 349 g/mol. The van der Waals surface area contributed by atoms with Crippen LogP contribution in [0.4, 0.5) is 0 Å². The van der Waals surface area contributed by atoms with Crippen molar-refractivity contribution in [3.63, 3.8) is 0 Å².